The molecule has 0 saturated heterocycles. The van der Waals surface area contributed by atoms with Crippen molar-refractivity contribution < 1.29 is 13.2 Å². The van der Waals surface area contributed by atoms with Crippen molar-refractivity contribution in [1.82, 2.24) is 0 Å². The van der Waals surface area contributed by atoms with Gasteiger partial charge in [-0.05, 0) is 60.9 Å². The minimum Gasteiger partial charge on any atom is -0.326 e. The van der Waals surface area contributed by atoms with Crippen LogP contribution in [-0.2, 0) is 21.2 Å². The van der Waals surface area contributed by atoms with Crippen molar-refractivity contribution in [2.75, 3.05) is 10.0 Å². The lowest BCUT2D eigenvalue weighted by molar-refractivity contribution is -0.116. The highest BCUT2D eigenvalue weighted by Crippen LogP contribution is 2.24. The normalized spacial score (nSPS) is 11.1. The Kier molecular flexibility index (Phi) is 6.56. The van der Waals surface area contributed by atoms with Crippen molar-refractivity contribution in [3.63, 3.8) is 0 Å². The third-order valence-electron chi connectivity index (χ3n) is 4.38. The van der Waals surface area contributed by atoms with E-state index < -0.39 is 10.0 Å². The summed E-state index contributed by atoms with van der Waals surface area (Å²) >= 11 is 5.95. The van der Waals surface area contributed by atoms with Crippen molar-refractivity contribution in [2.24, 2.45) is 0 Å². The molecule has 2 N–H and O–H groups in total. The highest BCUT2D eigenvalue weighted by molar-refractivity contribution is 7.92. The second-order valence-corrected chi connectivity index (χ2v) is 8.74. The smallest absolute Gasteiger partial charge is 0.261 e. The molecule has 0 fully saturated rings. The number of benzene rings is 3. The first kappa shape index (κ1) is 20.9. The lowest BCUT2D eigenvalue weighted by atomic mass is 10.1. The highest BCUT2D eigenvalue weighted by Gasteiger charge is 2.16. The molecule has 0 atom stereocenters. The first-order valence-corrected chi connectivity index (χ1v) is 10.9. The van der Waals surface area contributed by atoms with Crippen LogP contribution < -0.4 is 10.0 Å². The number of nitrogens with one attached hydrogen (secondary N) is 2. The number of anilines is 2. The number of carbonyl (C=O) groups is 1. The van der Waals surface area contributed by atoms with E-state index in [1.807, 2.05) is 30.3 Å². The van der Waals surface area contributed by atoms with Gasteiger partial charge in [0.15, 0.2) is 0 Å². The molecular weight excluding hydrogens is 408 g/mol. The van der Waals surface area contributed by atoms with Crippen LogP contribution in [0.25, 0.3) is 0 Å². The molecule has 0 saturated carbocycles. The molecule has 29 heavy (non-hydrogen) atoms. The Morgan fingerprint density at radius 2 is 1.66 bits per heavy atom. The Bertz CT molecular complexity index is 1100. The summed E-state index contributed by atoms with van der Waals surface area (Å²) < 4.78 is 27.8. The van der Waals surface area contributed by atoms with Crippen molar-refractivity contribution >= 4 is 38.9 Å². The molecule has 0 aliphatic carbocycles. The lowest BCUT2D eigenvalue weighted by Crippen LogP contribution is -2.15. The highest BCUT2D eigenvalue weighted by atomic mass is 35.5. The van der Waals surface area contributed by atoms with Gasteiger partial charge in [0.05, 0.1) is 10.6 Å². The van der Waals surface area contributed by atoms with Gasteiger partial charge in [-0.1, -0.05) is 48.0 Å². The van der Waals surface area contributed by atoms with Gasteiger partial charge in [-0.2, -0.15) is 0 Å². The fourth-order valence-corrected chi connectivity index (χ4v) is 4.05. The molecule has 7 heteroatoms. The van der Waals surface area contributed by atoms with E-state index in [0.29, 0.717) is 29.2 Å². The summed E-state index contributed by atoms with van der Waals surface area (Å²) in [5.41, 5.74) is 2.82. The second-order valence-electron chi connectivity index (χ2n) is 6.62. The number of aryl methyl sites for hydroxylation is 2. The van der Waals surface area contributed by atoms with Crippen molar-refractivity contribution in [2.45, 2.75) is 24.7 Å². The zero-order valence-corrected chi connectivity index (χ0v) is 17.4. The number of sulfonamides is 1. The van der Waals surface area contributed by atoms with Crippen LogP contribution in [0.5, 0.6) is 0 Å². The number of rotatable bonds is 7. The summed E-state index contributed by atoms with van der Waals surface area (Å²) in [7, 11) is -3.77. The first-order valence-electron chi connectivity index (χ1n) is 9.06. The molecule has 3 aromatic carbocycles. The third-order valence-corrected chi connectivity index (χ3v) is 5.99. The quantitative estimate of drug-likeness (QED) is 0.554. The van der Waals surface area contributed by atoms with Crippen LogP contribution >= 0.6 is 11.6 Å². The van der Waals surface area contributed by atoms with Crippen LogP contribution in [0.2, 0.25) is 5.02 Å². The van der Waals surface area contributed by atoms with E-state index in [1.54, 1.807) is 37.3 Å². The molecule has 0 spiro atoms. The minimum atomic E-state index is -3.77. The summed E-state index contributed by atoms with van der Waals surface area (Å²) in [6, 6.07) is 20.8. The van der Waals surface area contributed by atoms with Gasteiger partial charge in [0.25, 0.3) is 10.0 Å². The molecule has 0 aromatic heterocycles. The topological polar surface area (TPSA) is 75.3 Å². The van der Waals surface area contributed by atoms with E-state index >= 15 is 0 Å². The molecular formula is C22H21ClN2O3S. The van der Waals surface area contributed by atoms with Crippen LogP contribution in [0, 0.1) is 6.92 Å². The summed E-state index contributed by atoms with van der Waals surface area (Å²) in [5, 5.41) is 3.23. The van der Waals surface area contributed by atoms with Crippen LogP contribution in [-0.4, -0.2) is 14.3 Å². The maximum absolute atomic E-state index is 12.6. The maximum atomic E-state index is 12.6. The molecule has 3 aromatic rings. The largest absolute Gasteiger partial charge is 0.326 e. The Hall–Kier alpha value is -2.83. The summed E-state index contributed by atoms with van der Waals surface area (Å²) in [6.07, 6.45) is 0.988. The van der Waals surface area contributed by atoms with E-state index in [-0.39, 0.29) is 10.8 Å². The monoisotopic (exact) mass is 428 g/mol. The molecule has 0 unspecified atom stereocenters. The van der Waals surface area contributed by atoms with Crippen molar-refractivity contribution in [3.05, 3.63) is 88.9 Å². The minimum absolute atomic E-state index is 0.0964. The summed E-state index contributed by atoms with van der Waals surface area (Å²) in [6.45, 7) is 1.79. The predicted octanol–water partition coefficient (Wildman–Crippen LogP) is 5.02. The number of amides is 1. The maximum Gasteiger partial charge on any atom is 0.261 e. The second kappa shape index (κ2) is 9.11. The summed E-state index contributed by atoms with van der Waals surface area (Å²) in [5.74, 6) is -0.128. The van der Waals surface area contributed by atoms with E-state index in [9.17, 15) is 13.2 Å². The van der Waals surface area contributed by atoms with Crippen LogP contribution in [0.1, 0.15) is 17.5 Å². The average molecular weight is 429 g/mol. The third kappa shape index (κ3) is 5.82. The molecule has 0 aliphatic heterocycles. The number of halogens is 1. The van der Waals surface area contributed by atoms with Gasteiger partial charge in [0.2, 0.25) is 5.91 Å². The molecule has 0 radical (unpaired) electrons. The Labute approximate surface area is 175 Å². The van der Waals surface area contributed by atoms with Gasteiger partial charge in [0.1, 0.15) is 0 Å². The van der Waals surface area contributed by atoms with E-state index in [1.165, 1.54) is 12.1 Å². The van der Waals surface area contributed by atoms with Gasteiger partial charge in [0, 0.05) is 17.1 Å². The van der Waals surface area contributed by atoms with Gasteiger partial charge in [-0.3, -0.25) is 9.52 Å². The van der Waals surface area contributed by atoms with Crippen molar-refractivity contribution in [1.29, 1.82) is 0 Å². The van der Waals surface area contributed by atoms with E-state index in [2.05, 4.69) is 10.0 Å². The SMILES string of the molecule is Cc1ccc(Cl)cc1NS(=O)(=O)c1ccc(NC(=O)CCc2ccccc2)cc1. The fourth-order valence-electron chi connectivity index (χ4n) is 2.75. The Morgan fingerprint density at radius 3 is 2.34 bits per heavy atom. The molecule has 0 aliphatic rings. The van der Waals surface area contributed by atoms with Gasteiger partial charge in [-0.15, -0.1) is 0 Å². The summed E-state index contributed by atoms with van der Waals surface area (Å²) in [4.78, 5) is 12.2. The molecule has 1 amide bonds. The average Bonchev–Trinajstić information content (AvgIpc) is 2.70. The lowest BCUT2D eigenvalue weighted by Gasteiger charge is -2.12. The molecule has 5 nitrogen and oxygen atoms in total. The van der Waals surface area contributed by atoms with Gasteiger partial charge >= 0.3 is 0 Å². The number of hydrogen-bond donors (Lipinski definition) is 2. The van der Waals surface area contributed by atoms with Crippen molar-refractivity contribution in [3.8, 4) is 0 Å². The zero-order valence-electron chi connectivity index (χ0n) is 15.9. The standard InChI is InChI=1S/C22H21ClN2O3S/c1-16-7-9-18(23)15-21(16)25-29(27,28)20-12-10-19(11-13-20)24-22(26)14-8-17-5-3-2-4-6-17/h2-7,9-13,15,25H,8,14H2,1H3,(H,24,26). The Morgan fingerprint density at radius 1 is 0.966 bits per heavy atom. The molecule has 3 rings (SSSR count). The zero-order chi connectivity index (χ0) is 20.9. The fraction of sp³-hybridized carbons (Fsp3) is 0.136. The van der Waals surface area contributed by atoms with Gasteiger partial charge in [-0.25, -0.2) is 8.42 Å². The number of hydrogen-bond acceptors (Lipinski definition) is 3. The van der Waals surface area contributed by atoms with E-state index in [4.69, 9.17) is 11.6 Å². The molecule has 150 valence electrons. The Balaban J connectivity index is 1.63. The van der Waals surface area contributed by atoms with Crippen LogP contribution in [0.4, 0.5) is 11.4 Å². The molecule has 0 heterocycles. The predicted molar refractivity (Wildman–Crippen MR) is 117 cm³/mol. The van der Waals surface area contributed by atoms with Crippen LogP contribution in [0.15, 0.2) is 77.7 Å². The van der Waals surface area contributed by atoms with E-state index in [0.717, 1.165) is 11.1 Å². The first-order chi connectivity index (χ1) is 13.8. The number of carbonyl (C=O) groups excluding carboxylic acids is 1. The van der Waals surface area contributed by atoms with Gasteiger partial charge < -0.3 is 5.32 Å². The van der Waals surface area contributed by atoms with Crippen LogP contribution in [0.3, 0.4) is 0 Å². The molecule has 0 bridgehead atoms.